The van der Waals surface area contributed by atoms with E-state index < -0.39 is 10.2 Å². The molecule has 16 heavy (non-hydrogen) atoms. The number of hydrogen-bond acceptors (Lipinski definition) is 3. The van der Waals surface area contributed by atoms with Crippen LogP contribution in [0.3, 0.4) is 0 Å². The standard InChI is InChI=1S/C10H21N3O2S/c1-9-7-10(2)13(8-9)16(14,15)12-5-3-11-4-6-12/h9-11H,3-8H2,1-2H3. The molecule has 2 heterocycles. The summed E-state index contributed by atoms with van der Waals surface area (Å²) in [4.78, 5) is 0. The van der Waals surface area contributed by atoms with Crippen molar-refractivity contribution >= 4 is 10.2 Å². The zero-order valence-corrected chi connectivity index (χ0v) is 10.8. The Labute approximate surface area is 98.0 Å². The summed E-state index contributed by atoms with van der Waals surface area (Å²) in [5.74, 6) is 0.479. The van der Waals surface area contributed by atoms with Gasteiger partial charge < -0.3 is 5.32 Å². The Morgan fingerprint density at radius 2 is 1.81 bits per heavy atom. The summed E-state index contributed by atoms with van der Waals surface area (Å²) in [7, 11) is -3.22. The maximum absolute atomic E-state index is 12.4. The molecule has 2 aliphatic heterocycles. The number of rotatable bonds is 2. The van der Waals surface area contributed by atoms with Gasteiger partial charge in [0.15, 0.2) is 0 Å². The fourth-order valence-corrected chi connectivity index (χ4v) is 4.53. The second-order valence-corrected chi connectivity index (χ2v) is 6.80. The molecule has 0 aromatic heterocycles. The Morgan fingerprint density at radius 1 is 1.19 bits per heavy atom. The third-order valence-electron chi connectivity index (χ3n) is 3.43. The monoisotopic (exact) mass is 247 g/mol. The molecular weight excluding hydrogens is 226 g/mol. The highest BCUT2D eigenvalue weighted by Crippen LogP contribution is 2.26. The Hall–Kier alpha value is -0.170. The molecule has 2 atom stereocenters. The lowest BCUT2D eigenvalue weighted by Gasteiger charge is -2.32. The van der Waals surface area contributed by atoms with Gasteiger partial charge in [0.05, 0.1) is 0 Å². The quantitative estimate of drug-likeness (QED) is 0.739. The van der Waals surface area contributed by atoms with Crippen LogP contribution in [-0.4, -0.2) is 55.8 Å². The number of hydrogen-bond donors (Lipinski definition) is 1. The normalized spacial score (nSPS) is 34.4. The molecule has 6 heteroatoms. The highest BCUT2D eigenvalue weighted by atomic mass is 32.2. The summed E-state index contributed by atoms with van der Waals surface area (Å²) in [6.07, 6.45) is 0.978. The van der Waals surface area contributed by atoms with Gasteiger partial charge >= 0.3 is 0 Å². The second kappa shape index (κ2) is 4.60. The van der Waals surface area contributed by atoms with Crippen LogP contribution >= 0.6 is 0 Å². The van der Waals surface area contributed by atoms with E-state index in [9.17, 15) is 8.42 Å². The topological polar surface area (TPSA) is 52.7 Å². The maximum atomic E-state index is 12.4. The molecule has 0 spiro atoms. The van der Waals surface area contributed by atoms with Gasteiger partial charge in [-0.15, -0.1) is 0 Å². The fraction of sp³-hybridized carbons (Fsp3) is 1.00. The van der Waals surface area contributed by atoms with Gasteiger partial charge in [-0.1, -0.05) is 6.92 Å². The van der Waals surface area contributed by atoms with Crippen molar-refractivity contribution in [1.82, 2.24) is 13.9 Å². The molecule has 0 amide bonds. The van der Waals surface area contributed by atoms with Gasteiger partial charge in [0.25, 0.3) is 10.2 Å². The van der Waals surface area contributed by atoms with Crippen LogP contribution in [-0.2, 0) is 10.2 Å². The molecule has 0 radical (unpaired) electrons. The predicted molar refractivity (Wildman–Crippen MR) is 63.3 cm³/mol. The first-order valence-corrected chi connectivity index (χ1v) is 7.39. The molecule has 0 aromatic carbocycles. The molecule has 5 nitrogen and oxygen atoms in total. The van der Waals surface area contributed by atoms with Crippen molar-refractivity contribution in [3.63, 3.8) is 0 Å². The molecule has 2 fully saturated rings. The fourth-order valence-electron chi connectivity index (χ4n) is 2.61. The van der Waals surface area contributed by atoms with Crippen molar-refractivity contribution in [3.8, 4) is 0 Å². The SMILES string of the molecule is CC1CC(C)N(S(=O)(=O)N2CCNCC2)C1. The Balaban J connectivity index is 2.11. The number of piperazine rings is 1. The Kier molecular flexibility index (Phi) is 3.53. The molecule has 0 bridgehead atoms. The van der Waals surface area contributed by atoms with E-state index in [2.05, 4.69) is 12.2 Å². The van der Waals surface area contributed by atoms with Crippen LogP contribution in [0, 0.1) is 5.92 Å². The van der Waals surface area contributed by atoms with Gasteiger partial charge in [-0.25, -0.2) is 0 Å². The van der Waals surface area contributed by atoms with Crippen molar-refractivity contribution in [3.05, 3.63) is 0 Å². The molecule has 0 aromatic rings. The molecule has 1 N–H and O–H groups in total. The summed E-state index contributed by atoms with van der Waals surface area (Å²) in [5, 5.41) is 3.17. The van der Waals surface area contributed by atoms with E-state index in [1.807, 2.05) is 6.92 Å². The third kappa shape index (κ3) is 2.25. The lowest BCUT2D eigenvalue weighted by molar-refractivity contribution is 0.307. The molecular formula is C10H21N3O2S. The number of nitrogens with one attached hydrogen (secondary N) is 1. The van der Waals surface area contributed by atoms with Crippen molar-refractivity contribution in [2.75, 3.05) is 32.7 Å². The van der Waals surface area contributed by atoms with Crippen molar-refractivity contribution in [2.45, 2.75) is 26.3 Å². The number of nitrogens with zero attached hydrogens (tertiary/aromatic N) is 2. The summed E-state index contributed by atoms with van der Waals surface area (Å²) in [5.41, 5.74) is 0. The molecule has 2 rings (SSSR count). The van der Waals surface area contributed by atoms with Crippen LogP contribution < -0.4 is 5.32 Å². The van der Waals surface area contributed by atoms with Gasteiger partial charge in [-0.3, -0.25) is 0 Å². The van der Waals surface area contributed by atoms with Gasteiger partial charge in [0, 0.05) is 38.8 Å². The summed E-state index contributed by atoms with van der Waals surface area (Å²) in [6.45, 7) is 7.51. The van der Waals surface area contributed by atoms with Gasteiger partial charge in [0.2, 0.25) is 0 Å². The van der Waals surface area contributed by atoms with E-state index in [-0.39, 0.29) is 6.04 Å². The molecule has 0 saturated carbocycles. The molecule has 2 aliphatic rings. The minimum atomic E-state index is -3.22. The highest BCUT2D eigenvalue weighted by Gasteiger charge is 2.38. The minimum absolute atomic E-state index is 0.148. The molecule has 2 saturated heterocycles. The van der Waals surface area contributed by atoms with Crippen molar-refractivity contribution < 1.29 is 8.42 Å². The van der Waals surface area contributed by atoms with E-state index in [0.29, 0.717) is 25.6 Å². The lowest BCUT2D eigenvalue weighted by atomic mass is 10.1. The summed E-state index contributed by atoms with van der Waals surface area (Å²) >= 11 is 0. The van der Waals surface area contributed by atoms with Gasteiger partial charge in [-0.2, -0.15) is 17.0 Å². The van der Waals surface area contributed by atoms with Crippen LogP contribution in [0.5, 0.6) is 0 Å². The van der Waals surface area contributed by atoms with E-state index in [1.165, 1.54) is 0 Å². The van der Waals surface area contributed by atoms with Crippen LogP contribution in [0.25, 0.3) is 0 Å². The van der Waals surface area contributed by atoms with Crippen molar-refractivity contribution in [2.24, 2.45) is 5.92 Å². The van der Waals surface area contributed by atoms with Gasteiger partial charge in [0.1, 0.15) is 0 Å². The van der Waals surface area contributed by atoms with Gasteiger partial charge in [-0.05, 0) is 19.3 Å². The lowest BCUT2D eigenvalue weighted by Crippen LogP contribution is -2.52. The first kappa shape index (κ1) is 12.3. The zero-order valence-electron chi connectivity index (χ0n) is 10.0. The summed E-state index contributed by atoms with van der Waals surface area (Å²) in [6, 6.07) is 0.148. The minimum Gasteiger partial charge on any atom is -0.314 e. The molecule has 94 valence electrons. The van der Waals surface area contributed by atoms with E-state index >= 15 is 0 Å². The Morgan fingerprint density at radius 3 is 2.31 bits per heavy atom. The maximum Gasteiger partial charge on any atom is 0.282 e. The van der Waals surface area contributed by atoms with Crippen molar-refractivity contribution in [1.29, 1.82) is 0 Å². The highest BCUT2D eigenvalue weighted by molar-refractivity contribution is 7.86. The second-order valence-electron chi connectivity index (χ2n) is 4.92. The van der Waals surface area contributed by atoms with Crippen LogP contribution in [0.4, 0.5) is 0 Å². The van der Waals surface area contributed by atoms with E-state index in [1.54, 1.807) is 8.61 Å². The average Bonchev–Trinajstić information content (AvgIpc) is 2.60. The first-order valence-electron chi connectivity index (χ1n) is 5.99. The molecule has 0 aliphatic carbocycles. The first-order chi connectivity index (χ1) is 7.51. The van der Waals surface area contributed by atoms with Crippen LogP contribution in [0.2, 0.25) is 0 Å². The average molecular weight is 247 g/mol. The smallest absolute Gasteiger partial charge is 0.282 e. The molecule has 2 unspecified atom stereocenters. The Bertz CT molecular complexity index is 338. The van der Waals surface area contributed by atoms with E-state index in [4.69, 9.17) is 0 Å². The summed E-state index contributed by atoms with van der Waals surface area (Å²) < 4.78 is 28.0. The predicted octanol–water partition coefficient (Wildman–Crippen LogP) is -0.133. The third-order valence-corrected chi connectivity index (χ3v) is 5.54. The van der Waals surface area contributed by atoms with Crippen LogP contribution in [0.1, 0.15) is 20.3 Å². The largest absolute Gasteiger partial charge is 0.314 e. The van der Waals surface area contributed by atoms with Crippen LogP contribution in [0.15, 0.2) is 0 Å². The zero-order chi connectivity index (χ0) is 11.8. The van der Waals surface area contributed by atoms with E-state index in [0.717, 1.165) is 19.5 Å².